The van der Waals surface area contributed by atoms with Gasteiger partial charge in [0.05, 0.1) is 6.10 Å². The van der Waals surface area contributed by atoms with Gasteiger partial charge >= 0.3 is 0 Å². The molecule has 1 aliphatic rings. The molecule has 1 saturated heterocycles. The van der Waals surface area contributed by atoms with Gasteiger partial charge in [0.2, 0.25) is 0 Å². The van der Waals surface area contributed by atoms with Crippen LogP contribution in [-0.2, 0) is 0 Å². The van der Waals surface area contributed by atoms with Crippen molar-refractivity contribution in [1.29, 1.82) is 0 Å². The maximum Gasteiger partial charge on any atom is 0.0791 e. The molecule has 2 unspecified atom stereocenters. The molecule has 2 atom stereocenters. The standard InChI is InChI=1S/C12H26N2O/c1-3-7-13-9-12(15)10-14-8-5-6-11(14)4-2/h11-13,15H,3-10H2,1-2H3. The van der Waals surface area contributed by atoms with Crippen molar-refractivity contribution in [2.24, 2.45) is 0 Å². The summed E-state index contributed by atoms with van der Waals surface area (Å²) in [7, 11) is 0. The molecule has 3 heteroatoms. The van der Waals surface area contributed by atoms with E-state index < -0.39 is 0 Å². The van der Waals surface area contributed by atoms with E-state index in [0.717, 1.165) is 26.1 Å². The lowest BCUT2D eigenvalue weighted by atomic mass is 10.1. The van der Waals surface area contributed by atoms with Gasteiger partial charge in [-0.2, -0.15) is 0 Å². The van der Waals surface area contributed by atoms with Crippen molar-refractivity contribution in [3.8, 4) is 0 Å². The zero-order valence-corrected chi connectivity index (χ0v) is 10.2. The van der Waals surface area contributed by atoms with E-state index in [-0.39, 0.29) is 6.10 Å². The molecule has 0 saturated carbocycles. The first-order valence-corrected chi connectivity index (χ1v) is 6.40. The minimum absolute atomic E-state index is 0.205. The van der Waals surface area contributed by atoms with Crippen molar-refractivity contribution in [1.82, 2.24) is 10.2 Å². The van der Waals surface area contributed by atoms with Crippen LogP contribution in [0.1, 0.15) is 39.5 Å². The predicted octanol–water partition coefficient (Wildman–Crippen LogP) is 1.22. The summed E-state index contributed by atoms with van der Waals surface area (Å²) in [6, 6.07) is 0.714. The van der Waals surface area contributed by atoms with Gasteiger partial charge in [-0.3, -0.25) is 4.90 Å². The highest BCUT2D eigenvalue weighted by molar-refractivity contribution is 4.80. The fraction of sp³-hybridized carbons (Fsp3) is 1.00. The first-order chi connectivity index (χ1) is 7.27. The highest BCUT2D eigenvalue weighted by Gasteiger charge is 2.24. The lowest BCUT2D eigenvalue weighted by Crippen LogP contribution is -2.40. The number of hydrogen-bond acceptors (Lipinski definition) is 3. The molecule has 1 aliphatic heterocycles. The van der Waals surface area contributed by atoms with E-state index in [1.54, 1.807) is 0 Å². The maximum absolute atomic E-state index is 9.85. The Morgan fingerprint density at radius 1 is 1.47 bits per heavy atom. The summed E-state index contributed by atoms with van der Waals surface area (Å²) in [5, 5.41) is 13.1. The lowest BCUT2D eigenvalue weighted by Gasteiger charge is -2.26. The number of rotatable bonds is 7. The third-order valence-electron chi connectivity index (χ3n) is 3.22. The Labute approximate surface area is 93.9 Å². The lowest BCUT2D eigenvalue weighted by molar-refractivity contribution is 0.104. The summed E-state index contributed by atoms with van der Waals surface area (Å²) in [6.45, 7) is 8.14. The highest BCUT2D eigenvalue weighted by Crippen LogP contribution is 2.19. The summed E-state index contributed by atoms with van der Waals surface area (Å²) in [5.41, 5.74) is 0. The van der Waals surface area contributed by atoms with Crippen LogP contribution < -0.4 is 5.32 Å². The molecule has 0 aromatic heterocycles. The van der Waals surface area contributed by atoms with Crippen LogP contribution in [0.15, 0.2) is 0 Å². The topological polar surface area (TPSA) is 35.5 Å². The van der Waals surface area contributed by atoms with E-state index in [4.69, 9.17) is 0 Å². The van der Waals surface area contributed by atoms with Crippen LogP contribution in [0.4, 0.5) is 0 Å². The Bertz CT molecular complexity index is 164. The van der Waals surface area contributed by atoms with Gasteiger partial charge in [0.25, 0.3) is 0 Å². The summed E-state index contributed by atoms with van der Waals surface area (Å²) in [4.78, 5) is 2.44. The number of β-amino-alcohol motifs (C(OH)–C–C–N with tert-alkyl or cyclic N) is 1. The van der Waals surface area contributed by atoms with Crippen LogP contribution in [0.25, 0.3) is 0 Å². The average Bonchev–Trinajstić information content (AvgIpc) is 2.65. The minimum Gasteiger partial charge on any atom is -0.390 e. The SMILES string of the molecule is CCCNCC(O)CN1CCCC1CC. The van der Waals surface area contributed by atoms with Gasteiger partial charge in [0.1, 0.15) is 0 Å². The van der Waals surface area contributed by atoms with Crippen molar-refractivity contribution in [2.45, 2.75) is 51.7 Å². The molecule has 0 bridgehead atoms. The first kappa shape index (κ1) is 12.9. The van der Waals surface area contributed by atoms with Gasteiger partial charge < -0.3 is 10.4 Å². The number of aliphatic hydroxyl groups is 1. The normalized spacial score (nSPS) is 24.6. The summed E-state index contributed by atoms with van der Waals surface area (Å²) >= 11 is 0. The van der Waals surface area contributed by atoms with Gasteiger partial charge in [-0.25, -0.2) is 0 Å². The van der Waals surface area contributed by atoms with E-state index in [1.165, 1.54) is 25.8 Å². The monoisotopic (exact) mass is 214 g/mol. The summed E-state index contributed by atoms with van der Waals surface area (Å²) in [5.74, 6) is 0. The summed E-state index contributed by atoms with van der Waals surface area (Å²) < 4.78 is 0. The van der Waals surface area contributed by atoms with Gasteiger partial charge in [-0.15, -0.1) is 0 Å². The van der Waals surface area contributed by atoms with Crippen LogP contribution in [0.3, 0.4) is 0 Å². The van der Waals surface area contributed by atoms with Crippen LogP contribution in [0.2, 0.25) is 0 Å². The molecule has 15 heavy (non-hydrogen) atoms. The molecule has 1 fully saturated rings. The molecular weight excluding hydrogens is 188 g/mol. The number of nitrogens with zero attached hydrogens (tertiary/aromatic N) is 1. The second-order valence-electron chi connectivity index (χ2n) is 4.56. The van der Waals surface area contributed by atoms with Crippen molar-refractivity contribution in [3.05, 3.63) is 0 Å². The molecule has 1 heterocycles. The Balaban J connectivity index is 2.15. The second-order valence-corrected chi connectivity index (χ2v) is 4.56. The van der Waals surface area contributed by atoms with E-state index in [0.29, 0.717) is 6.04 Å². The van der Waals surface area contributed by atoms with Crippen molar-refractivity contribution < 1.29 is 5.11 Å². The Hall–Kier alpha value is -0.120. The molecule has 1 rings (SSSR count). The first-order valence-electron chi connectivity index (χ1n) is 6.40. The molecule has 0 aromatic rings. The molecule has 0 radical (unpaired) electrons. The predicted molar refractivity (Wildman–Crippen MR) is 64.1 cm³/mol. The van der Waals surface area contributed by atoms with Gasteiger partial charge in [0, 0.05) is 19.1 Å². The fourth-order valence-corrected chi connectivity index (χ4v) is 2.38. The van der Waals surface area contributed by atoms with E-state index in [1.807, 2.05) is 0 Å². The average molecular weight is 214 g/mol. The van der Waals surface area contributed by atoms with Gasteiger partial charge in [0.15, 0.2) is 0 Å². The van der Waals surface area contributed by atoms with Crippen LogP contribution in [0, 0.1) is 0 Å². The largest absolute Gasteiger partial charge is 0.390 e. The maximum atomic E-state index is 9.85. The van der Waals surface area contributed by atoms with Gasteiger partial charge in [-0.1, -0.05) is 13.8 Å². The number of aliphatic hydroxyl groups excluding tert-OH is 1. The molecule has 0 amide bonds. The molecule has 0 aliphatic carbocycles. The molecule has 2 N–H and O–H groups in total. The molecule has 90 valence electrons. The van der Waals surface area contributed by atoms with E-state index in [9.17, 15) is 5.11 Å². The van der Waals surface area contributed by atoms with E-state index in [2.05, 4.69) is 24.1 Å². The Morgan fingerprint density at radius 3 is 2.93 bits per heavy atom. The second kappa shape index (κ2) is 7.20. The fourth-order valence-electron chi connectivity index (χ4n) is 2.38. The number of likely N-dealkylation sites (tertiary alicyclic amines) is 1. The number of hydrogen-bond donors (Lipinski definition) is 2. The van der Waals surface area contributed by atoms with Crippen LogP contribution in [0.5, 0.6) is 0 Å². The van der Waals surface area contributed by atoms with Crippen molar-refractivity contribution in [3.63, 3.8) is 0 Å². The molecular formula is C12H26N2O. The van der Waals surface area contributed by atoms with Crippen molar-refractivity contribution >= 4 is 0 Å². The Morgan fingerprint density at radius 2 is 2.27 bits per heavy atom. The molecule has 3 nitrogen and oxygen atoms in total. The third kappa shape index (κ3) is 4.49. The Kier molecular flexibility index (Phi) is 6.22. The van der Waals surface area contributed by atoms with Gasteiger partial charge in [-0.05, 0) is 38.8 Å². The smallest absolute Gasteiger partial charge is 0.0791 e. The zero-order valence-electron chi connectivity index (χ0n) is 10.2. The molecule has 0 spiro atoms. The van der Waals surface area contributed by atoms with E-state index >= 15 is 0 Å². The third-order valence-corrected chi connectivity index (χ3v) is 3.22. The van der Waals surface area contributed by atoms with Crippen LogP contribution in [-0.4, -0.2) is 48.3 Å². The summed E-state index contributed by atoms with van der Waals surface area (Å²) in [6.07, 6.45) is 4.76. The minimum atomic E-state index is -0.205. The van der Waals surface area contributed by atoms with Crippen LogP contribution >= 0.6 is 0 Å². The van der Waals surface area contributed by atoms with Crippen molar-refractivity contribution in [2.75, 3.05) is 26.2 Å². The number of nitrogens with one attached hydrogen (secondary N) is 1. The highest BCUT2D eigenvalue weighted by atomic mass is 16.3. The quantitative estimate of drug-likeness (QED) is 0.626. The zero-order chi connectivity index (χ0) is 11.1. The molecule has 0 aromatic carbocycles.